The van der Waals surface area contributed by atoms with Gasteiger partial charge in [-0.2, -0.15) is 0 Å². The summed E-state index contributed by atoms with van der Waals surface area (Å²) >= 11 is 1.46. The van der Waals surface area contributed by atoms with E-state index in [-0.39, 0.29) is 0 Å². The van der Waals surface area contributed by atoms with Gasteiger partial charge in [-0.3, -0.25) is 4.98 Å². The monoisotopic (exact) mass is 296 g/mol. The Morgan fingerprint density at radius 2 is 1.71 bits per heavy atom. The predicted molar refractivity (Wildman–Crippen MR) is 85.3 cm³/mol. The largest absolute Gasteiger partial charge is 0.381 e. The second-order valence-electron chi connectivity index (χ2n) is 5.05. The quantitative estimate of drug-likeness (QED) is 0.797. The highest BCUT2D eigenvalue weighted by atomic mass is 32.1. The maximum Gasteiger partial charge on any atom is 0.131 e. The minimum absolute atomic E-state index is 0.686. The van der Waals surface area contributed by atoms with E-state index in [1.807, 2.05) is 61.7 Å². The van der Waals surface area contributed by atoms with E-state index in [4.69, 9.17) is 0 Å². The fraction of sp³-hybridized carbons (Fsp3) is 0.176. The Bertz CT molecular complexity index is 749. The first kappa shape index (κ1) is 13.9. The van der Waals surface area contributed by atoms with Gasteiger partial charge in [0.15, 0.2) is 0 Å². The van der Waals surface area contributed by atoms with Crippen molar-refractivity contribution in [3.63, 3.8) is 0 Å². The van der Waals surface area contributed by atoms with E-state index in [1.54, 1.807) is 0 Å². The molecule has 4 heteroatoms. The van der Waals surface area contributed by atoms with E-state index < -0.39 is 6.10 Å². The van der Waals surface area contributed by atoms with Crippen molar-refractivity contribution < 1.29 is 5.11 Å². The molecule has 0 fully saturated rings. The lowest BCUT2D eigenvalue weighted by molar-refractivity contribution is 0.220. The van der Waals surface area contributed by atoms with E-state index in [0.717, 1.165) is 22.6 Å². The lowest BCUT2D eigenvalue weighted by atomic mass is 10.1. The average Bonchev–Trinajstić information content (AvgIpc) is 2.97. The van der Waals surface area contributed by atoms with Gasteiger partial charge in [-0.25, -0.2) is 4.98 Å². The summed E-state index contributed by atoms with van der Waals surface area (Å²) in [5, 5.41) is 13.1. The standard InChI is InChI=1S/C17H16N2OS/c1-11-6-8-13(9-7-11)16(20)17-19-15(10-21-17)14-5-3-4-12(2)18-14/h3-10,16,20H,1-2H3. The first-order valence-corrected chi connectivity index (χ1v) is 7.65. The fourth-order valence-corrected chi connectivity index (χ4v) is 2.93. The smallest absolute Gasteiger partial charge is 0.131 e. The normalized spacial score (nSPS) is 12.3. The molecule has 0 bridgehead atoms. The number of aliphatic hydroxyl groups excluding tert-OH is 1. The molecule has 0 aliphatic heterocycles. The van der Waals surface area contributed by atoms with Crippen LogP contribution >= 0.6 is 11.3 Å². The zero-order valence-corrected chi connectivity index (χ0v) is 12.8. The summed E-state index contributed by atoms with van der Waals surface area (Å²) in [4.78, 5) is 8.99. The van der Waals surface area contributed by atoms with Gasteiger partial charge in [-0.15, -0.1) is 11.3 Å². The molecule has 21 heavy (non-hydrogen) atoms. The number of aromatic nitrogens is 2. The molecule has 2 heterocycles. The maximum atomic E-state index is 10.4. The summed E-state index contributed by atoms with van der Waals surface area (Å²) < 4.78 is 0. The number of hydrogen-bond acceptors (Lipinski definition) is 4. The van der Waals surface area contributed by atoms with Gasteiger partial charge >= 0.3 is 0 Å². The molecule has 1 atom stereocenters. The van der Waals surface area contributed by atoms with E-state index in [0.29, 0.717) is 5.01 Å². The Labute approximate surface area is 128 Å². The molecular weight excluding hydrogens is 280 g/mol. The summed E-state index contributed by atoms with van der Waals surface area (Å²) in [5.74, 6) is 0. The topological polar surface area (TPSA) is 46.0 Å². The SMILES string of the molecule is Cc1ccc(C(O)c2nc(-c3cccc(C)n3)cs2)cc1. The van der Waals surface area contributed by atoms with Crippen LogP contribution in [-0.2, 0) is 0 Å². The van der Waals surface area contributed by atoms with Crippen LogP contribution in [0.4, 0.5) is 0 Å². The zero-order chi connectivity index (χ0) is 14.8. The van der Waals surface area contributed by atoms with Gasteiger partial charge in [-0.1, -0.05) is 35.9 Å². The molecule has 3 nitrogen and oxygen atoms in total. The third kappa shape index (κ3) is 3.01. The summed E-state index contributed by atoms with van der Waals surface area (Å²) in [7, 11) is 0. The van der Waals surface area contributed by atoms with Crippen molar-refractivity contribution in [3.8, 4) is 11.4 Å². The minimum atomic E-state index is -0.686. The summed E-state index contributed by atoms with van der Waals surface area (Å²) in [5.41, 5.74) is 4.65. The van der Waals surface area contributed by atoms with Crippen LogP contribution in [0.1, 0.15) is 27.9 Å². The van der Waals surface area contributed by atoms with Crippen molar-refractivity contribution in [2.75, 3.05) is 0 Å². The Morgan fingerprint density at radius 3 is 2.43 bits per heavy atom. The van der Waals surface area contributed by atoms with Crippen molar-refractivity contribution in [2.24, 2.45) is 0 Å². The Hall–Kier alpha value is -2.04. The van der Waals surface area contributed by atoms with Gasteiger partial charge in [0, 0.05) is 11.1 Å². The van der Waals surface area contributed by atoms with Crippen molar-refractivity contribution in [1.29, 1.82) is 0 Å². The average molecular weight is 296 g/mol. The lowest BCUT2D eigenvalue weighted by Gasteiger charge is -2.07. The van der Waals surface area contributed by atoms with Gasteiger partial charge in [-0.05, 0) is 31.5 Å². The van der Waals surface area contributed by atoms with Gasteiger partial charge in [0.2, 0.25) is 0 Å². The second-order valence-corrected chi connectivity index (χ2v) is 5.94. The molecule has 0 saturated carbocycles. The van der Waals surface area contributed by atoms with Gasteiger partial charge < -0.3 is 5.11 Å². The zero-order valence-electron chi connectivity index (χ0n) is 11.9. The van der Waals surface area contributed by atoms with Crippen LogP contribution < -0.4 is 0 Å². The number of thiazole rings is 1. The molecule has 0 aliphatic carbocycles. The number of aryl methyl sites for hydroxylation is 2. The van der Waals surface area contributed by atoms with E-state index >= 15 is 0 Å². The highest BCUT2D eigenvalue weighted by molar-refractivity contribution is 7.10. The van der Waals surface area contributed by atoms with Crippen molar-refractivity contribution in [2.45, 2.75) is 20.0 Å². The van der Waals surface area contributed by atoms with Crippen LogP contribution in [0.2, 0.25) is 0 Å². The number of nitrogens with zero attached hydrogens (tertiary/aromatic N) is 2. The molecule has 0 radical (unpaired) electrons. The summed E-state index contributed by atoms with van der Waals surface area (Å²) in [6.07, 6.45) is -0.686. The Morgan fingerprint density at radius 1 is 0.952 bits per heavy atom. The predicted octanol–water partition coefficient (Wildman–Crippen LogP) is 3.90. The van der Waals surface area contributed by atoms with Crippen LogP contribution in [0, 0.1) is 13.8 Å². The first-order valence-electron chi connectivity index (χ1n) is 6.77. The number of rotatable bonds is 3. The number of hydrogen-bond donors (Lipinski definition) is 1. The first-order chi connectivity index (χ1) is 10.1. The third-order valence-corrected chi connectivity index (χ3v) is 4.20. The van der Waals surface area contributed by atoms with Crippen molar-refractivity contribution >= 4 is 11.3 Å². The molecule has 1 N–H and O–H groups in total. The van der Waals surface area contributed by atoms with Crippen molar-refractivity contribution in [1.82, 2.24) is 9.97 Å². The molecule has 1 aromatic carbocycles. The maximum absolute atomic E-state index is 10.4. The molecule has 0 saturated heterocycles. The molecule has 0 spiro atoms. The lowest BCUT2D eigenvalue weighted by Crippen LogP contribution is -1.99. The molecule has 0 amide bonds. The number of benzene rings is 1. The van der Waals surface area contributed by atoms with Crippen molar-refractivity contribution in [3.05, 3.63) is 69.7 Å². The van der Waals surface area contributed by atoms with Crippen LogP contribution in [0.15, 0.2) is 47.8 Å². The van der Waals surface area contributed by atoms with E-state index in [2.05, 4.69) is 9.97 Å². The van der Waals surface area contributed by atoms with E-state index in [9.17, 15) is 5.11 Å². The van der Waals surface area contributed by atoms with Crippen LogP contribution in [0.5, 0.6) is 0 Å². The van der Waals surface area contributed by atoms with Gasteiger partial charge in [0.05, 0.1) is 11.4 Å². The fourth-order valence-electron chi connectivity index (χ4n) is 2.11. The van der Waals surface area contributed by atoms with Crippen LogP contribution in [0.25, 0.3) is 11.4 Å². The minimum Gasteiger partial charge on any atom is -0.381 e. The third-order valence-electron chi connectivity index (χ3n) is 3.30. The molecule has 3 rings (SSSR count). The van der Waals surface area contributed by atoms with E-state index in [1.165, 1.54) is 16.9 Å². The summed E-state index contributed by atoms with van der Waals surface area (Å²) in [6, 6.07) is 13.7. The molecule has 106 valence electrons. The van der Waals surface area contributed by atoms with Crippen LogP contribution in [-0.4, -0.2) is 15.1 Å². The Balaban J connectivity index is 1.89. The number of pyridine rings is 1. The Kier molecular flexibility index (Phi) is 3.82. The van der Waals surface area contributed by atoms with Gasteiger partial charge in [0.1, 0.15) is 11.1 Å². The second kappa shape index (κ2) is 5.76. The van der Waals surface area contributed by atoms with Crippen LogP contribution in [0.3, 0.4) is 0 Å². The molecule has 3 aromatic rings. The highest BCUT2D eigenvalue weighted by Crippen LogP contribution is 2.28. The molecule has 1 unspecified atom stereocenters. The highest BCUT2D eigenvalue weighted by Gasteiger charge is 2.15. The van der Waals surface area contributed by atoms with Gasteiger partial charge in [0.25, 0.3) is 0 Å². The summed E-state index contributed by atoms with van der Waals surface area (Å²) in [6.45, 7) is 3.99. The molecule has 2 aromatic heterocycles. The molecular formula is C17H16N2OS. The number of aliphatic hydroxyl groups is 1. The molecule has 0 aliphatic rings.